The van der Waals surface area contributed by atoms with E-state index in [1.807, 2.05) is 43.3 Å². The van der Waals surface area contributed by atoms with E-state index in [1.54, 1.807) is 0 Å². The van der Waals surface area contributed by atoms with Gasteiger partial charge in [0.2, 0.25) is 0 Å². The third-order valence-corrected chi connectivity index (χ3v) is 6.87. The molecular formula is C28H28N4O3. The molecule has 1 unspecified atom stereocenters. The number of hydrogen-bond donors (Lipinski definition) is 1. The van der Waals surface area contributed by atoms with Crippen molar-refractivity contribution in [2.45, 2.75) is 31.7 Å². The van der Waals surface area contributed by atoms with Crippen LogP contribution in [0.2, 0.25) is 0 Å². The zero-order chi connectivity index (χ0) is 23.8. The topological polar surface area (TPSA) is 80.5 Å². The number of aromatic nitrogens is 2. The van der Waals surface area contributed by atoms with Gasteiger partial charge >= 0.3 is 0 Å². The molecule has 0 spiro atoms. The Morgan fingerprint density at radius 3 is 2.51 bits per heavy atom. The van der Waals surface area contributed by atoms with Gasteiger partial charge in [0.25, 0.3) is 11.6 Å². The highest BCUT2D eigenvalue weighted by Gasteiger charge is 2.29. The van der Waals surface area contributed by atoms with Gasteiger partial charge in [0, 0.05) is 36.0 Å². The number of carbonyl (C=O) groups is 1. The van der Waals surface area contributed by atoms with Crippen LogP contribution < -0.4 is 10.2 Å². The first-order valence-electron chi connectivity index (χ1n) is 12.3. The molecule has 7 nitrogen and oxygen atoms in total. The van der Waals surface area contributed by atoms with E-state index >= 15 is 0 Å². The number of nitrogens with zero attached hydrogens (tertiary/aromatic N) is 3. The first-order chi connectivity index (χ1) is 17.2. The first-order valence-corrected chi connectivity index (χ1v) is 12.3. The van der Waals surface area contributed by atoms with Gasteiger partial charge in [0.1, 0.15) is 5.69 Å². The molecule has 2 aliphatic rings. The molecule has 4 aromatic rings. The van der Waals surface area contributed by atoms with Crippen LogP contribution in [0.25, 0.3) is 22.4 Å². The number of hydrogen-bond acceptors (Lipinski definition) is 6. The molecule has 1 aliphatic heterocycles. The molecule has 2 aromatic heterocycles. The first kappa shape index (κ1) is 21.8. The monoisotopic (exact) mass is 468 g/mol. The van der Waals surface area contributed by atoms with Gasteiger partial charge in [-0.05, 0) is 43.5 Å². The van der Waals surface area contributed by atoms with E-state index in [9.17, 15) is 4.79 Å². The summed E-state index contributed by atoms with van der Waals surface area (Å²) in [5.74, 6) is 0.241. The van der Waals surface area contributed by atoms with Crippen molar-refractivity contribution >= 4 is 22.7 Å². The van der Waals surface area contributed by atoms with Crippen molar-refractivity contribution in [3.8, 4) is 11.3 Å². The van der Waals surface area contributed by atoms with Gasteiger partial charge in [-0.3, -0.25) is 4.79 Å². The summed E-state index contributed by atoms with van der Waals surface area (Å²) in [5.41, 5.74) is 5.65. The molecule has 1 atom stereocenters. The van der Waals surface area contributed by atoms with Gasteiger partial charge in [-0.15, -0.1) is 0 Å². The molecule has 1 amide bonds. The fourth-order valence-electron chi connectivity index (χ4n) is 4.68. The minimum Gasteiger partial charge on any atom is -0.378 e. The molecule has 1 saturated carbocycles. The average Bonchev–Trinajstić information content (AvgIpc) is 3.68. The van der Waals surface area contributed by atoms with E-state index in [-0.39, 0.29) is 11.9 Å². The Morgan fingerprint density at radius 2 is 1.80 bits per heavy atom. The summed E-state index contributed by atoms with van der Waals surface area (Å²) in [4.78, 5) is 20.6. The molecule has 178 valence electrons. The minimum absolute atomic E-state index is 0.149. The smallest absolute Gasteiger partial charge is 0.259 e. The van der Waals surface area contributed by atoms with Crippen LogP contribution in [0, 0.1) is 0 Å². The van der Waals surface area contributed by atoms with Gasteiger partial charge in [0.05, 0.1) is 30.2 Å². The Hall–Kier alpha value is -3.71. The van der Waals surface area contributed by atoms with Crippen molar-refractivity contribution in [3.63, 3.8) is 0 Å². The summed E-state index contributed by atoms with van der Waals surface area (Å²) in [6.07, 6.45) is 2.18. The van der Waals surface area contributed by atoms with E-state index in [4.69, 9.17) is 14.2 Å². The molecule has 0 bridgehead atoms. The second-order valence-electron chi connectivity index (χ2n) is 9.33. The van der Waals surface area contributed by atoms with Crippen molar-refractivity contribution in [1.29, 1.82) is 0 Å². The molecule has 1 aliphatic carbocycles. The number of benzene rings is 2. The number of carbonyl (C=O) groups excluding carboxylic acids is 1. The van der Waals surface area contributed by atoms with Gasteiger partial charge < -0.3 is 19.5 Å². The van der Waals surface area contributed by atoms with Gasteiger partial charge in [-0.25, -0.2) is 4.98 Å². The van der Waals surface area contributed by atoms with Crippen molar-refractivity contribution in [3.05, 3.63) is 77.5 Å². The summed E-state index contributed by atoms with van der Waals surface area (Å²) in [7, 11) is 0. The number of morpholine rings is 1. The Labute approximate surface area is 204 Å². The molecule has 3 heterocycles. The van der Waals surface area contributed by atoms with Crippen LogP contribution in [0.15, 0.2) is 65.2 Å². The average molecular weight is 469 g/mol. The summed E-state index contributed by atoms with van der Waals surface area (Å²) in [6, 6.07) is 20.0. The summed E-state index contributed by atoms with van der Waals surface area (Å²) < 4.78 is 11.1. The zero-order valence-corrected chi connectivity index (χ0v) is 19.7. The lowest BCUT2D eigenvalue weighted by Crippen LogP contribution is -2.36. The van der Waals surface area contributed by atoms with Crippen molar-refractivity contribution in [1.82, 2.24) is 15.5 Å². The van der Waals surface area contributed by atoms with E-state index in [0.29, 0.717) is 28.3 Å². The third kappa shape index (κ3) is 4.39. The van der Waals surface area contributed by atoms with Crippen LogP contribution in [0.4, 0.5) is 5.69 Å². The Balaban J connectivity index is 1.29. The van der Waals surface area contributed by atoms with Crippen molar-refractivity contribution in [2.75, 3.05) is 31.2 Å². The molecule has 7 heteroatoms. The lowest BCUT2D eigenvalue weighted by atomic mass is 10.0. The Bertz CT molecular complexity index is 1340. The Kier molecular flexibility index (Phi) is 5.70. The second-order valence-corrected chi connectivity index (χ2v) is 9.33. The number of fused-ring (bicyclic) bond motifs is 1. The summed E-state index contributed by atoms with van der Waals surface area (Å²) in [5, 5.41) is 8.14. The highest BCUT2D eigenvalue weighted by atomic mass is 16.5. The number of pyridine rings is 1. The van der Waals surface area contributed by atoms with E-state index in [1.165, 1.54) is 5.69 Å². The van der Waals surface area contributed by atoms with E-state index < -0.39 is 0 Å². The molecule has 2 aromatic carbocycles. The zero-order valence-electron chi connectivity index (χ0n) is 19.7. The largest absolute Gasteiger partial charge is 0.378 e. The molecule has 2 fully saturated rings. The standard InChI is InChI=1S/C28H28N4O3/c1-18(19-9-11-22(12-10-19)32-13-15-34-16-14-32)29-27(33)23-17-24(20-7-8-20)30-28-25(23)26(31-35-28)21-5-3-2-4-6-21/h2-6,9-12,17-18,20H,7-8,13-16H2,1H3,(H,29,33). The molecule has 35 heavy (non-hydrogen) atoms. The second kappa shape index (κ2) is 9.15. The molecule has 1 saturated heterocycles. The Morgan fingerprint density at radius 1 is 1.06 bits per heavy atom. The van der Waals surface area contributed by atoms with Crippen LogP contribution in [0.1, 0.15) is 53.3 Å². The number of anilines is 1. The fraction of sp³-hybridized carbons (Fsp3) is 0.321. The van der Waals surface area contributed by atoms with Gasteiger partial charge in [0.15, 0.2) is 0 Å². The van der Waals surface area contributed by atoms with Gasteiger partial charge in [-0.2, -0.15) is 0 Å². The number of ether oxygens (including phenoxy) is 1. The SMILES string of the molecule is CC(NC(=O)c1cc(C2CC2)nc2onc(-c3ccccc3)c12)c1ccc(N2CCOCC2)cc1. The maximum absolute atomic E-state index is 13.6. The van der Waals surface area contributed by atoms with Crippen LogP contribution in [0.3, 0.4) is 0 Å². The lowest BCUT2D eigenvalue weighted by Gasteiger charge is -2.29. The maximum atomic E-state index is 13.6. The third-order valence-electron chi connectivity index (χ3n) is 6.87. The lowest BCUT2D eigenvalue weighted by molar-refractivity contribution is 0.0941. The molecule has 6 rings (SSSR count). The van der Waals surface area contributed by atoms with Crippen LogP contribution in [-0.2, 0) is 4.74 Å². The molecular weight excluding hydrogens is 440 g/mol. The highest BCUT2D eigenvalue weighted by molar-refractivity contribution is 6.09. The number of amides is 1. The van der Waals surface area contributed by atoms with Crippen LogP contribution in [0.5, 0.6) is 0 Å². The normalized spacial score (nSPS) is 16.9. The van der Waals surface area contributed by atoms with E-state index in [2.05, 4.69) is 39.6 Å². The van der Waals surface area contributed by atoms with E-state index in [0.717, 1.165) is 56.0 Å². The summed E-state index contributed by atoms with van der Waals surface area (Å²) in [6.45, 7) is 5.31. The van der Waals surface area contributed by atoms with Gasteiger partial charge in [-0.1, -0.05) is 47.6 Å². The predicted molar refractivity (Wildman–Crippen MR) is 135 cm³/mol. The fourth-order valence-corrected chi connectivity index (χ4v) is 4.68. The number of nitrogens with one attached hydrogen (secondary N) is 1. The molecule has 1 N–H and O–H groups in total. The quantitative estimate of drug-likeness (QED) is 0.424. The van der Waals surface area contributed by atoms with Crippen molar-refractivity contribution in [2.24, 2.45) is 0 Å². The van der Waals surface area contributed by atoms with Crippen molar-refractivity contribution < 1.29 is 14.1 Å². The highest BCUT2D eigenvalue weighted by Crippen LogP contribution is 2.41. The molecule has 0 radical (unpaired) electrons. The predicted octanol–water partition coefficient (Wildman–Crippen LogP) is 5.09. The summed E-state index contributed by atoms with van der Waals surface area (Å²) >= 11 is 0. The number of rotatable bonds is 6. The minimum atomic E-state index is -0.158. The maximum Gasteiger partial charge on any atom is 0.259 e. The van der Waals surface area contributed by atoms with Crippen LogP contribution in [-0.4, -0.2) is 42.4 Å². The van der Waals surface area contributed by atoms with Crippen LogP contribution >= 0.6 is 0 Å².